The van der Waals surface area contributed by atoms with Gasteiger partial charge in [-0.25, -0.2) is 4.98 Å². The van der Waals surface area contributed by atoms with Gasteiger partial charge < -0.3 is 4.55 Å². The predicted octanol–water partition coefficient (Wildman–Crippen LogP) is 2.72. The summed E-state index contributed by atoms with van der Waals surface area (Å²) in [5.74, 6) is 0. The van der Waals surface area contributed by atoms with Crippen LogP contribution in [0.5, 0.6) is 0 Å². The van der Waals surface area contributed by atoms with E-state index in [9.17, 15) is 4.55 Å². The Labute approximate surface area is 98.0 Å². The molecule has 1 atom stereocenters. The molecule has 0 saturated heterocycles. The Hall–Kier alpha value is -0.390. The minimum absolute atomic E-state index is 0.312. The fourth-order valence-electron chi connectivity index (χ4n) is 0.822. The van der Waals surface area contributed by atoms with E-state index < -0.39 is 11.4 Å². The van der Waals surface area contributed by atoms with E-state index >= 15 is 0 Å². The second kappa shape index (κ2) is 4.63. The molecule has 15 heavy (non-hydrogen) atoms. The van der Waals surface area contributed by atoms with Gasteiger partial charge in [0.15, 0.2) is 0 Å². The monoisotopic (exact) mass is 244 g/mol. The Bertz CT molecular complexity index is 366. The fraction of sp³-hybridized carbons (Fsp3) is 0.600. The van der Waals surface area contributed by atoms with Crippen LogP contribution in [0.25, 0.3) is 0 Å². The third-order valence-corrected chi connectivity index (χ3v) is 4.18. The first-order valence-corrected chi connectivity index (χ1v) is 6.63. The number of hydrogen-bond donors (Lipinski definition) is 0. The van der Waals surface area contributed by atoms with Gasteiger partial charge in [-0.3, -0.25) is 0 Å². The van der Waals surface area contributed by atoms with Crippen LogP contribution in [0.15, 0.2) is 10.6 Å². The summed E-state index contributed by atoms with van der Waals surface area (Å²) in [6.45, 7) is 9.57. The van der Waals surface area contributed by atoms with Gasteiger partial charge in [0, 0.05) is 11.1 Å². The largest absolute Gasteiger partial charge is 0.591 e. The van der Waals surface area contributed by atoms with Crippen LogP contribution in [0.1, 0.15) is 37.6 Å². The minimum atomic E-state index is -1.20. The first-order chi connectivity index (χ1) is 6.80. The van der Waals surface area contributed by atoms with Crippen LogP contribution in [0, 0.1) is 6.92 Å². The van der Waals surface area contributed by atoms with E-state index in [1.54, 1.807) is 17.5 Å². The molecule has 0 amide bonds. The maximum absolute atomic E-state index is 11.8. The summed E-state index contributed by atoms with van der Waals surface area (Å²) in [4.78, 5) is 5.34. The van der Waals surface area contributed by atoms with Crippen molar-refractivity contribution in [3.63, 3.8) is 0 Å². The van der Waals surface area contributed by atoms with Crippen molar-refractivity contribution in [2.45, 2.75) is 39.4 Å². The van der Waals surface area contributed by atoms with E-state index in [-0.39, 0.29) is 4.75 Å². The quantitative estimate of drug-likeness (QED) is 0.593. The fourth-order valence-corrected chi connectivity index (χ4v) is 2.20. The minimum Gasteiger partial charge on any atom is -0.591 e. The standard InChI is InChI=1S/C10H16N2OS2/c1-7-6-11-9(14-7)8(2)12-15(13)10(3,4)5/h6H,1-5H3. The van der Waals surface area contributed by atoms with Crippen LogP contribution in [0.4, 0.5) is 0 Å². The van der Waals surface area contributed by atoms with Crippen LogP contribution in [0.2, 0.25) is 0 Å². The molecule has 1 aromatic heterocycles. The topological polar surface area (TPSA) is 48.3 Å². The van der Waals surface area contributed by atoms with Gasteiger partial charge in [0.1, 0.15) is 26.8 Å². The highest BCUT2D eigenvalue weighted by Gasteiger charge is 2.27. The number of aromatic nitrogens is 1. The summed E-state index contributed by atoms with van der Waals surface area (Å²) in [5.41, 5.74) is 0.751. The first kappa shape index (κ1) is 12.7. The van der Waals surface area contributed by atoms with E-state index in [4.69, 9.17) is 0 Å². The van der Waals surface area contributed by atoms with E-state index in [2.05, 4.69) is 9.38 Å². The molecule has 1 aromatic rings. The lowest BCUT2D eigenvalue weighted by Crippen LogP contribution is -2.26. The zero-order valence-corrected chi connectivity index (χ0v) is 11.3. The molecule has 1 rings (SSSR count). The van der Waals surface area contributed by atoms with Crippen LogP contribution in [-0.2, 0) is 11.4 Å². The molecule has 0 radical (unpaired) electrons. The van der Waals surface area contributed by atoms with Crippen molar-refractivity contribution in [3.05, 3.63) is 16.1 Å². The molecule has 0 fully saturated rings. The highest BCUT2D eigenvalue weighted by atomic mass is 32.2. The summed E-state index contributed by atoms with van der Waals surface area (Å²) >= 11 is 0.368. The molecular weight excluding hydrogens is 228 g/mol. The van der Waals surface area contributed by atoms with E-state index in [0.29, 0.717) is 0 Å². The van der Waals surface area contributed by atoms with Crippen molar-refractivity contribution in [2.75, 3.05) is 0 Å². The van der Waals surface area contributed by atoms with Gasteiger partial charge in [-0.2, -0.15) is 0 Å². The van der Waals surface area contributed by atoms with Gasteiger partial charge in [0.2, 0.25) is 0 Å². The predicted molar refractivity (Wildman–Crippen MR) is 67.0 cm³/mol. The molecule has 1 heterocycles. The van der Waals surface area contributed by atoms with Gasteiger partial charge >= 0.3 is 0 Å². The summed E-state index contributed by atoms with van der Waals surface area (Å²) < 4.78 is 15.6. The number of rotatable bonds is 2. The van der Waals surface area contributed by atoms with E-state index in [1.165, 1.54) is 0 Å². The molecular formula is C10H16N2OS2. The van der Waals surface area contributed by atoms with Gasteiger partial charge in [-0.15, -0.1) is 11.3 Å². The summed E-state index contributed by atoms with van der Waals surface area (Å²) in [6, 6.07) is 0. The summed E-state index contributed by atoms with van der Waals surface area (Å²) in [7, 11) is 0. The van der Waals surface area contributed by atoms with Crippen LogP contribution in [-0.4, -0.2) is 20.0 Å². The van der Waals surface area contributed by atoms with Crippen molar-refractivity contribution >= 4 is 28.4 Å². The van der Waals surface area contributed by atoms with Gasteiger partial charge in [0.25, 0.3) is 0 Å². The number of aryl methyl sites for hydroxylation is 1. The lowest BCUT2D eigenvalue weighted by Gasteiger charge is -2.18. The van der Waals surface area contributed by atoms with Crippen molar-refractivity contribution in [3.8, 4) is 0 Å². The third-order valence-electron chi connectivity index (χ3n) is 1.67. The van der Waals surface area contributed by atoms with Gasteiger partial charge in [-0.1, -0.05) is 4.40 Å². The van der Waals surface area contributed by atoms with E-state index in [0.717, 1.165) is 15.6 Å². The molecule has 0 saturated carbocycles. The third kappa shape index (κ3) is 3.59. The Morgan fingerprint density at radius 1 is 1.53 bits per heavy atom. The SMILES string of the molecule is CC(=N[S+]([O-])C(C)(C)C)c1ncc(C)s1. The lowest BCUT2D eigenvalue weighted by atomic mass is 10.3. The molecule has 0 aliphatic heterocycles. The summed E-state index contributed by atoms with van der Waals surface area (Å²) in [5, 5.41) is 0.852. The highest BCUT2D eigenvalue weighted by molar-refractivity contribution is 7.91. The Morgan fingerprint density at radius 2 is 2.13 bits per heavy atom. The molecule has 0 N–H and O–H groups in total. The molecule has 1 unspecified atom stereocenters. The molecule has 0 aliphatic carbocycles. The normalized spacial score (nSPS) is 15.5. The molecule has 84 valence electrons. The van der Waals surface area contributed by atoms with E-state index in [1.807, 2.05) is 34.6 Å². The number of hydrogen-bond acceptors (Lipinski definition) is 4. The zero-order chi connectivity index (χ0) is 11.6. The van der Waals surface area contributed by atoms with Crippen LogP contribution < -0.4 is 0 Å². The molecule has 0 aliphatic rings. The maximum atomic E-state index is 11.8. The van der Waals surface area contributed by atoms with Gasteiger partial charge in [0.05, 0.1) is 0 Å². The first-order valence-electron chi connectivity index (χ1n) is 4.71. The molecule has 0 bridgehead atoms. The average molecular weight is 244 g/mol. The lowest BCUT2D eigenvalue weighted by molar-refractivity contribution is 0.561. The number of nitrogens with zero attached hydrogens (tertiary/aromatic N) is 2. The Balaban J connectivity index is 2.85. The second-order valence-corrected chi connectivity index (χ2v) is 7.45. The number of thiazole rings is 1. The maximum Gasteiger partial charge on any atom is 0.144 e. The smallest absolute Gasteiger partial charge is 0.144 e. The molecule has 0 spiro atoms. The molecule has 0 aromatic carbocycles. The average Bonchev–Trinajstić information content (AvgIpc) is 2.50. The Morgan fingerprint density at radius 3 is 2.53 bits per heavy atom. The summed E-state index contributed by atoms with van der Waals surface area (Å²) in [6.07, 6.45) is 1.80. The van der Waals surface area contributed by atoms with Crippen LogP contribution >= 0.6 is 11.3 Å². The van der Waals surface area contributed by atoms with Gasteiger partial charge in [-0.05, 0) is 34.6 Å². The molecule has 5 heteroatoms. The highest BCUT2D eigenvalue weighted by Crippen LogP contribution is 2.19. The van der Waals surface area contributed by atoms with Crippen molar-refractivity contribution < 1.29 is 4.55 Å². The second-order valence-electron chi connectivity index (χ2n) is 4.31. The van der Waals surface area contributed by atoms with Crippen molar-refractivity contribution in [1.82, 2.24) is 4.98 Å². The van der Waals surface area contributed by atoms with Crippen molar-refractivity contribution in [2.24, 2.45) is 4.40 Å². The van der Waals surface area contributed by atoms with Crippen molar-refractivity contribution in [1.29, 1.82) is 0 Å². The molecule has 3 nitrogen and oxygen atoms in total. The van der Waals surface area contributed by atoms with Crippen LogP contribution in [0.3, 0.4) is 0 Å². The Kier molecular flexibility index (Phi) is 3.92. The zero-order valence-electron chi connectivity index (χ0n) is 9.70.